The molecule has 2 aromatic carbocycles. The fraction of sp³-hybridized carbons (Fsp3) is 0.176. The molecule has 5 heteroatoms. The number of halogens is 2. The Morgan fingerprint density at radius 3 is 2.00 bits per heavy atom. The first-order valence-electron chi connectivity index (χ1n) is 6.69. The van der Waals surface area contributed by atoms with Gasteiger partial charge in [-0.05, 0) is 48.9 Å². The van der Waals surface area contributed by atoms with Crippen LogP contribution in [0.25, 0.3) is 0 Å². The van der Waals surface area contributed by atoms with Crippen LogP contribution in [0.5, 0.6) is 0 Å². The van der Waals surface area contributed by atoms with Gasteiger partial charge in [0.25, 0.3) is 0 Å². The third-order valence-electron chi connectivity index (χ3n) is 3.07. The Bertz CT molecular complexity index is 663. The molecule has 0 N–H and O–H groups in total. The van der Waals surface area contributed by atoms with Gasteiger partial charge in [0.15, 0.2) is 6.10 Å². The van der Waals surface area contributed by atoms with Crippen LogP contribution in [-0.4, -0.2) is 17.9 Å². The number of carbonyl (C=O) groups is 2. The maximum absolute atomic E-state index is 12.2. The van der Waals surface area contributed by atoms with Crippen LogP contribution in [0.15, 0.2) is 48.5 Å². The van der Waals surface area contributed by atoms with Crippen molar-refractivity contribution in [1.82, 2.24) is 0 Å². The number of rotatable bonds is 5. The Morgan fingerprint density at radius 2 is 1.45 bits per heavy atom. The number of ketones is 1. The number of hydrogen-bond donors (Lipinski definition) is 0. The molecule has 0 spiro atoms. The first kappa shape index (κ1) is 16.5. The van der Waals surface area contributed by atoms with Crippen LogP contribution < -0.4 is 0 Å². The van der Waals surface area contributed by atoms with Gasteiger partial charge in [0.05, 0.1) is 6.42 Å². The van der Waals surface area contributed by atoms with E-state index in [1.54, 1.807) is 55.5 Å². The average Bonchev–Trinajstić information content (AvgIpc) is 2.49. The van der Waals surface area contributed by atoms with E-state index >= 15 is 0 Å². The van der Waals surface area contributed by atoms with Crippen molar-refractivity contribution in [2.45, 2.75) is 19.4 Å². The third-order valence-corrected chi connectivity index (χ3v) is 3.57. The monoisotopic (exact) mass is 336 g/mol. The lowest BCUT2D eigenvalue weighted by molar-refractivity contribution is -0.145. The lowest BCUT2D eigenvalue weighted by atomic mass is 10.1. The normalized spacial score (nSPS) is 11.8. The summed E-state index contributed by atoms with van der Waals surface area (Å²) in [5.74, 6) is -0.724. The molecule has 3 nitrogen and oxygen atoms in total. The molecule has 0 amide bonds. The molecule has 0 saturated heterocycles. The summed E-state index contributed by atoms with van der Waals surface area (Å²) in [5, 5.41) is 1.15. The molecule has 0 bridgehead atoms. The molecule has 0 unspecified atom stereocenters. The van der Waals surface area contributed by atoms with Crippen molar-refractivity contribution in [3.63, 3.8) is 0 Å². The van der Waals surface area contributed by atoms with Gasteiger partial charge in [0.1, 0.15) is 0 Å². The highest BCUT2D eigenvalue weighted by Crippen LogP contribution is 2.14. The van der Waals surface area contributed by atoms with Crippen LogP contribution in [0.2, 0.25) is 10.0 Å². The molecular weight excluding hydrogens is 323 g/mol. The van der Waals surface area contributed by atoms with E-state index < -0.39 is 12.1 Å². The summed E-state index contributed by atoms with van der Waals surface area (Å²) in [6.07, 6.45) is -0.754. The molecule has 0 radical (unpaired) electrons. The minimum Gasteiger partial charge on any atom is -0.454 e. The van der Waals surface area contributed by atoms with E-state index in [4.69, 9.17) is 27.9 Å². The van der Waals surface area contributed by atoms with Crippen molar-refractivity contribution >= 4 is 35.0 Å². The summed E-state index contributed by atoms with van der Waals surface area (Å²) in [5.41, 5.74) is 1.23. The minimum atomic E-state index is -0.846. The van der Waals surface area contributed by atoms with Crippen LogP contribution in [-0.2, 0) is 16.0 Å². The number of benzene rings is 2. The molecule has 0 aliphatic heterocycles. The lowest BCUT2D eigenvalue weighted by Gasteiger charge is -2.12. The number of ether oxygens (including phenoxy) is 1. The number of carbonyl (C=O) groups excluding carboxylic acids is 2. The summed E-state index contributed by atoms with van der Waals surface area (Å²) >= 11 is 11.6. The summed E-state index contributed by atoms with van der Waals surface area (Å²) in [4.78, 5) is 24.0. The predicted octanol–water partition coefficient (Wildman–Crippen LogP) is 4.35. The standard InChI is InChI=1S/C17H14Cl2O3/c1-11(17(21)13-4-8-15(19)9-5-13)22-16(20)10-12-2-6-14(18)7-3-12/h2-9,11H,10H2,1H3/t11-/m0/s1. The Labute approximate surface area is 138 Å². The molecule has 0 fully saturated rings. The maximum Gasteiger partial charge on any atom is 0.310 e. The van der Waals surface area contributed by atoms with Gasteiger partial charge in [0, 0.05) is 15.6 Å². The Morgan fingerprint density at radius 1 is 0.955 bits per heavy atom. The molecule has 0 heterocycles. The van der Waals surface area contributed by atoms with E-state index in [0.29, 0.717) is 15.6 Å². The van der Waals surface area contributed by atoms with Crippen LogP contribution in [0, 0.1) is 0 Å². The van der Waals surface area contributed by atoms with Crippen LogP contribution in [0.1, 0.15) is 22.8 Å². The van der Waals surface area contributed by atoms with Crippen LogP contribution in [0.3, 0.4) is 0 Å². The van der Waals surface area contributed by atoms with E-state index in [1.165, 1.54) is 0 Å². The highest BCUT2D eigenvalue weighted by molar-refractivity contribution is 6.30. The predicted molar refractivity (Wildman–Crippen MR) is 86.5 cm³/mol. The van der Waals surface area contributed by atoms with E-state index in [1.807, 2.05) is 0 Å². The van der Waals surface area contributed by atoms with Crippen molar-refractivity contribution in [1.29, 1.82) is 0 Å². The second-order valence-corrected chi connectivity index (χ2v) is 5.68. The Balaban J connectivity index is 1.94. The molecule has 22 heavy (non-hydrogen) atoms. The van der Waals surface area contributed by atoms with Crippen molar-refractivity contribution in [2.24, 2.45) is 0 Å². The Hall–Kier alpha value is -1.84. The number of esters is 1. The van der Waals surface area contributed by atoms with Gasteiger partial charge in [-0.25, -0.2) is 0 Å². The van der Waals surface area contributed by atoms with Crippen molar-refractivity contribution in [3.05, 3.63) is 69.7 Å². The van der Waals surface area contributed by atoms with E-state index in [-0.39, 0.29) is 12.2 Å². The SMILES string of the molecule is C[C@H](OC(=O)Cc1ccc(Cl)cc1)C(=O)c1ccc(Cl)cc1. The molecule has 0 aromatic heterocycles. The largest absolute Gasteiger partial charge is 0.454 e. The Kier molecular flexibility index (Phi) is 5.58. The van der Waals surface area contributed by atoms with Gasteiger partial charge in [-0.3, -0.25) is 9.59 Å². The van der Waals surface area contributed by atoms with E-state index in [2.05, 4.69) is 0 Å². The molecule has 0 saturated carbocycles. The fourth-order valence-electron chi connectivity index (χ4n) is 1.91. The van der Waals surface area contributed by atoms with Gasteiger partial charge in [0.2, 0.25) is 5.78 Å². The van der Waals surface area contributed by atoms with E-state index in [0.717, 1.165) is 5.56 Å². The second kappa shape index (κ2) is 7.43. The lowest BCUT2D eigenvalue weighted by Crippen LogP contribution is -2.25. The summed E-state index contributed by atoms with van der Waals surface area (Å²) in [7, 11) is 0. The zero-order valence-corrected chi connectivity index (χ0v) is 13.4. The molecule has 2 rings (SSSR count). The molecule has 1 atom stereocenters. The molecule has 0 aliphatic carbocycles. The van der Waals surface area contributed by atoms with E-state index in [9.17, 15) is 9.59 Å². The first-order valence-corrected chi connectivity index (χ1v) is 7.45. The van der Waals surface area contributed by atoms with Gasteiger partial charge in [-0.15, -0.1) is 0 Å². The van der Waals surface area contributed by atoms with Gasteiger partial charge in [-0.2, -0.15) is 0 Å². The molecule has 2 aromatic rings. The zero-order chi connectivity index (χ0) is 16.1. The zero-order valence-electron chi connectivity index (χ0n) is 11.9. The summed E-state index contributed by atoms with van der Waals surface area (Å²) in [6.45, 7) is 1.55. The van der Waals surface area contributed by atoms with Gasteiger partial charge < -0.3 is 4.74 Å². The minimum absolute atomic E-state index is 0.0927. The third kappa shape index (κ3) is 4.58. The second-order valence-electron chi connectivity index (χ2n) is 4.81. The van der Waals surface area contributed by atoms with Crippen molar-refractivity contribution < 1.29 is 14.3 Å². The molecule has 0 aliphatic rings. The quantitative estimate of drug-likeness (QED) is 0.602. The smallest absolute Gasteiger partial charge is 0.310 e. The van der Waals surface area contributed by atoms with Gasteiger partial charge in [-0.1, -0.05) is 35.3 Å². The average molecular weight is 337 g/mol. The fourth-order valence-corrected chi connectivity index (χ4v) is 2.16. The number of hydrogen-bond acceptors (Lipinski definition) is 3. The van der Waals surface area contributed by atoms with Crippen molar-refractivity contribution in [2.75, 3.05) is 0 Å². The van der Waals surface area contributed by atoms with Gasteiger partial charge >= 0.3 is 5.97 Å². The topological polar surface area (TPSA) is 43.4 Å². The molecular formula is C17H14Cl2O3. The molecule has 114 valence electrons. The van der Waals surface area contributed by atoms with Crippen LogP contribution in [0.4, 0.5) is 0 Å². The maximum atomic E-state index is 12.2. The summed E-state index contributed by atoms with van der Waals surface area (Å²) in [6, 6.07) is 13.3. The number of Topliss-reactive ketones (excluding diaryl/α,β-unsaturated/α-hetero) is 1. The first-order chi connectivity index (χ1) is 10.5. The van der Waals surface area contributed by atoms with Crippen molar-refractivity contribution in [3.8, 4) is 0 Å². The summed E-state index contributed by atoms with van der Waals surface area (Å²) < 4.78 is 5.18. The highest BCUT2D eigenvalue weighted by Gasteiger charge is 2.19. The highest BCUT2D eigenvalue weighted by atomic mass is 35.5. The van der Waals surface area contributed by atoms with Crippen LogP contribution >= 0.6 is 23.2 Å².